The van der Waals surface area contributed by atoms with E-state index in [1.54, 1.807) is 48.5 Å². The van der Waals surface area contributed by atoms with Crippen LogP contribution in [0.15, 0.2) is 78.9 Å². The van der Waals surface area contributed by atoms with Gasteiger partial charge in [-0.2, -0.15) is 0 Å². The zero-order valence-corrected chi connectivity index (χ0v) is 15.6. The lowest BCUT2D eigenvalue weighted by Crippen LogP contribution is -2.24. The molecule has 28 heavy (non-hydrogen) atoms. The Labute approximate surface area is 164 Å². The number of nitrogens with one attached hydrogen (secondary N) is 2. The summed E-state index contributed by atoms with van der Waals surface area (Å²) >= 11 is 0. The maximum atomic E-state index is 12.6. The van der Waals surface area contributed by atoms with Crippen LogP contribution in [-0.4, -0.2) is 18.4 Å². The van der Waals surface area contributed by atoms with Crippen LogP contribution < -0.4 is 15.4 Å². The highest BCUT2D eigenvalue weighted by Crippen LogP contribution is 2.18. The molecule has 3 aromatic rings. The molecule has 5 heteroatoms. The highest BCUT2D eigenvalue weighted by molar-refractivity contribution is 6.09. The van der Waals surface area contributed by atoms with Gasteiger partial charge in [0.15, 0.2) is 0 Å². The van der Waals surface area contributed by atoms with Gasteiger partial charge in [-0.05, 0) is 48.9 Å². The third-order valence-corrected chi connectivity index (χ3v) is 4.14. The Hall–Kier alpha value is -3.60. The second-order valence-electron chi connectivity index (χ2n) is 6.13. The fourth-order valence-electron chi connectivity index (χ4n) is 2.73. The number of hydrogen-bond acceptors (Lipinski definition) is 3. The molecule has 0 radical (unpaired) electrons. The van der Waals surface area contributed by atoms with E-state index in [0.717, 1.165) is 5.56 Å². The van der Waals surface area contributed by atoms with Crippen LogP contribution in [0.5, 0.6) is 5.75 Å². The minimum absolute atomic E-state index is 0.244. The fourth-order valence-corrected chi connectivity index (χ4v) is 2.73. The van der Waals surface area contributed by atoms with Gasteiger partial charge in [0.2, 0.25) is 0 Å². The normalized spacial score (nSPS) is 10.2. The number of ether oxygens (including phenoxy) is 1. The van der Waals surface area contributed by atoms with E-state index >= 15 is 0 Å². The quantitative estimate of drug-likeness (QED) is 0.649. The molecule has 2 amide bonds. The van der Waals surface area contributed by atoms with Gasteiger partial charge < -0.3 is 15.4 Å². The van der Waals surface area contributed by atoms with Crippen LogP contribution >= 0.6 is 0 Å². The second kappa shape index (κ2) is 9.37. The average molecular weight is 374 g/mol. The fraction of sp³-hybridized carbons (Fsp3) is 0.130. The van der Waals surface area contributed by atoms with Crippen LogP contribution in [0.3, 0.4) is 0 Å². The van der Waals surface area contributed by atoms with Crippen molar-refractivity contribution >= 4 is 17.5 Å². The first-order chi connectivity index (χ1) is 13.7. The number of benzene rings is 3. The lowest BCUT2D eigenvalue weighted by atomic mass is 10.1. The molecular weight excluding hydrogens is 352 g/mol. The number of rotatable bonds is 7. The van der Waals surface area contributed by atoms with Crippen LogP contribution in [-0.2, 0) is 6.54 Å². The summed E-state index contributed by atoms with van der Waals surface area (Å²) in [6.45, 7) is 2.89. The molecule has 0 aromatic heterocycles. The predicted molar refractivity (Wildman–Crippen MR) is 110 cm³/mol. The smallest absolute Gasteiger partial charge is 0.255 e. The summed E-state index contributed by atoms with van der Waals surface area (Å²) in [5, 5.41) is 5.70. The molecule has 0 atom stereocenters. The summed E-state index contributed by atoms with van der Waals surface area (Å²) in [6.07, 6.45) is 0. The van der Waals surface area contributed by atoms with E-state index in [0.29, 0.717) is 35.7 Å². The van der Waals surface area contributed by atoms with Crippen LogP contribution in [0, 0.1) is 0 Å². The van der Waals surface area contributed by atoms with Crippen molar-refractivity contribution < 1.29 is 14.3 Å². The molecular formula is C23H22N2O3. The molecule has 3 rings (SSSR count). The Bertz CT molecular complexity index is 938. The molecule has 0 fully saturated rings. The molecule has 0 spiro atoms. The summed E-state index contributed by atoms with van der Waals surface area (Å²) in [5.41, 5.74) is 2.37. The van der Waals surface area contributed by atoms with Crippen molar-refractivity contribution in [2.45, 2.75) is 13.5 Å². The number of amides is 2. The highest BCUT2D eigenvalue weighted by atomic mass is 16.5. The maximum Gasteiger partial charge on any atom is 0.255 e. The van der Waals surface area contributed by atoms with Gasteiger partial charge in [-0.1, -0.05) is 42.5 Å². The van der Waals surface area contributed by atoms with Crippen molar-refractivity contribution in [1.82, 2.24) is 5.32 Å². The summed E-state index contributed by atoms with van der Waals surface area (Å²) < 4.78 is 5.39. The first-order valence-electron chi connectivity index (χ1n) is 9.12. The monoisotopic (exact) mass is 374 g/mol. The molecule has 0 bridgehead atoms. The van der Waals surface area contributed by atoms with E-state index in [1.807, 2.05) is 37.3 Å². The summed E-state index contributed by atoms with van der Waals surface area (Å²) in [6, 6.07) is 23.5. The number of anilines is 1. The minimum atomic E-state index is -0.286. The molecule has 0 aliphatic heterocycles. The van der Waals surface area contributed by atoms with Crippen LogP contribution in [0.2, 0.25) is 0 Å². The van der Waals surface area contributed by atoms with E-state index < -0.39 is 0 Å². The molecule has 0 saturated heterocycles. The number of hydrogen-bond donors (Lipinski definition) is 2. The van der Waals surface area contributed by atoms with E-state index in [4.69, 9.17) is 4.74 Å². The highest BCUT2D eigenvalue weighted by Gasteiger charge is 2.14. The molecule has 0 heterocycles. The van der Waals surface area contributed by atoms with Crippen LogP contribution in [0.4, 0.5) is 5.69 Å². The van der Waals surface area contributed by atoms with Crippen LogP contribution in [0.25, 0.3) is 0 Å². The Kier molecular flexibility index (Phi) is 6.41. The van der Waals surface area contributed by atoms with Gasteiger partial charge >= 0.3 is 0 Å². The zero-order valence-electron chi connectivity index (χ0n) is 15.6. The average Bonchev–Trinajstić information content (AvgIpc) is 2.74. The first kappa shape index (κ1) is 19.2. The Morgan fingerprint density at radius 3 is 2.21 bits per heavy atom. The Morgan fingerprint density at radius 2 is 1.50 bits per heavy atom. The van der Waals surface area contributed by atoms with Crippen molar-refractivity contribution in [3.63, 3.8) is 0 Å². The van der Waals surface area contributed by atoms with E-state index in [9.17, 15) is 9.59 Å². The van der Waals surface area contributed by atoms with Crippen molar-refractivity contribution in [2.24, 2.45) is 0 Å². The molecule has 2 N–H and O–H groups in total. The molecule has 5 nitrogen and oxygen atoms in total. The molecule has 0 aliphatic carbocycles. The maximum absolute atomic E-state index is 12.6. The van der Waals surface area contributed by atoms with Crippen LogP contribution in [0.1, 0.15) is 33.2 Å². The van der Waals surface area contributed by atoms with Crippen molar-refractivity contribution in [1.29, 1.82) is 0 Å². The van der Waals surface area contributed by atoms with Gasteiger partial charge in [0.05, 0.1) is 17.9 Å². The van der Waals surface area contributed by atoms with Gasteiger partial charge in [0, 0.05) is 12.1 Å². The number of carbonyl (C=O) groups is 2. The molecule has 3 aromatic carbocycles. The first-order valence-corrected chi connectivity index (χ1v) is 9.12. The zero-order chi connectivity index (χ0) is 19.8. The lowest BCUT2D eigenvalue weighted by Gasteiger charge is -2.12. The van der Waals surface area contributed by atoms with E-state index in [-0.39, 0.29) is 11.8 Å². The minimum Gasteiger partial charge on any atom is -0.494 e. The molecule has 0 saturated carbocycles. The molecule has 142 valence electrons. The lowest BCUT2D eigenvalue weighted by molar-refractivity contribution is 0.0952. The number of para-hydroxylation sites is 1. The van der Waals surface area contributed by atoms with Gasteiger partial charge in [-0.3, -0.25) is 9.59 Å². The van der Waals surface area contributed by atoms with Crippen molar-refractivity contribution in [2.75, 3.05) is 11.9 Å². The van der Waals surface area contributed by atoms with E-state index in [1.165, 1.54) is 0 Å². The van der Waals surface area contributed by atoms with Gasteiger partial charge in [-0.25, -0.2) is 0 Å². The van der Waals surface area contributed by atoms with Gasteiger partial charge in [0.25, 0.3) is 11.8 Å². The third-order valence-electron chi connectivity index (χ3n) is 4.14. The van der Waals surface area contributed by atoms with Gasteiger partial charge in [0.1, 0.15) is 5.75 Å². The van der Waals surface area contributed by atoms with Crippen molar-refractivity contribution in [3.8, 4) is 5.75 Å². The molecule has 0 aliphatic rings. The Balaban J connectivity index is 1.69. The van der Waals surface area contributed by atoms with Gasteiger partial charge in [-0.15, -0.1) is 0 Å². The largest absolute Gasteiger partial charge is 0.494 e. The third kappa shape index (κ3) is 4.98. The second-order valence-corrected chi connectivity index (χ2v) is 6.13. The topological polar surface area (TPSA) is 67.4 Å². The number of carbonyl (C=O) groups excluding carboxylic acids is 2. The van der Waals surface area contributed by atoms with Crippen molar-refractivity contribution in [3.05, 3.63) is 95.6 Å². The summed E-state index contributed by atoms with van der Waals surface area (Å²) in [7, 11) is 0. The van der Waals surface area contributed by atoms with E-state index in [2.05, 4.69) is 10.6 Å². The predicted octanol–water partition coefficient (Wildman–Crippen LogP) is 4.27. The summed E-state index contributed by atoms with van der Waals surface area (Å²) in [5.74, 6) is 0.178. The standard InChI is InChI=1S/C23H22N2O3/c1-2-28-19-14-12-18(13-15-19)22(26)25-21-11-7-6-10-20(21)23(27)24-16-17-8-4-3-5-9-17/h3-15H,2,16H2,1H3,(H,24,27)(H,25,26). The Morgan fingerprint density at radius 1 is 0.821 bits per heavy atom. The molecule has 0 unspecified atom stereocenters. The SMILES string of the molecule is CCOc1ccc(C(=O)Nc2ccccc2C(=O)NCc2ccccc2)cc1. The summed E-state index contributed by atoms with van der Waals surface area (Å²) in [4.78, 5) is 25.1.